The van der Waals surface area contributed by atoms with Crippen molar-refractivity contribution in [3.05, 3.63) is 111 Å². The van der Waals surface area contributed by atoms with Crippen LogP contribution in [0.1, 0.15) is 23.6 Å². The third kappa shape index (κ3) is 5.30. The van der Waals surface area contributed by atoms with Gasteiger partial charge in [-0.2, -0.15) is 0 Å². The Labute approximate surface area is 222 Å². The summed E-state index contributed by atoms with van der Waals surface area (Å²) < 4.78 is 18.2. The summed E-state index contributed by atoms with van der Waals surface area (Å²) in [6.45, 7) is 2.64. The minimum atomic E-state index is -0.525. The van der Waals surface area contributed by atoms with E-state index in [0.717, 1.165) is 26.4 Å². The lowest BCUT2D eigenvalue weighted by Gasteiger charge is -2.14. The van der Waals surface area contributed by atoms with Gasteiger partial charge in [0.05, 0.1) is 11.6 Å². The molecule has 1 aliphatic rings. The van der Waals surface area contributed by atoms with Crippen molar-refractivity contribution in [1.82, 2.24) is 0 Å². The number of carbonyl (C=O) groups is 1. The summed E-state index contributed by atoms with van der Waals surface area (Å²) in [5, 5.41) is 2.51. The Kier molecular flexibility index (Phi) is 7.07. The quantitative estimate of drug-likeness (QED) is 0.172. The number of nitrogens with zero attached hydrogens (tertiary/aromatic N) is 1. The van der Waals surface area contributed by atoms with Crippen LogP contribution < -0.4 is 9.47 Å². The molecule has 4 aromatic rings. The number of aliphatic imine (C=N–C) groups is 1. The molecule has 0 spiro atoms. The summed E-state index contributed by atoms with van der Waals surface area (Å²) in [6.07, 6.45) is 1.63. The molecule has 0 radical (unpaired) electrons. The maximum absolute atomic E-state index is 12.6. The molecule has 0 aliphatic carbocycles. The zero-order chi connectivity index (χ0) is 25.1. The van der Waals surface area contributed by atoms with E-state index in [0.29, 0.717) is 35.3 Å². The zero-order valence-corrected chi connectivity index (χ0v) is 21.7. The number of hydrogen-bond donors (Lipinski definition) is 0. The van der Waals surface area contributed by atoms with E-state index in [4.69, 9.17) is 25.8 Å². The van der Waals surface area contributed by atoms with Gasteiger partial charge in [0.25, 0.3) is 0 Å². The molecule has 0 saturated heterocycles. The first-order chi connectivity index (χ1) is 17.5. The number of cyclic esters (lactones) is 1. The van der Waals surface area contributed by atoms with Gasteiger partial charge in [-0.15, -0.1) is 0 Å². The van der Waals surface area contributed by atoms with Crippen molar-refractivity contribution < 1.29 is 19.0 Å². The second-order valence-electron chi connectivity index (χ2n) is 8.08. The molecule has 1 aliphatic heterocycles. The minimum Gasteiger partial charge on any atom is -0.490 e. The van der Waals surface area contributed by atoms with E-state index in [9.17, 15) is 4.79 Å². The van der Waals surface area contributed by atoms with Crippen molar-refractivity contribution >= 4 is 56.2 Å². The minimum absolute atomic E-state index is 0.181. The third-order valence-corrected chi connectivity index (χ3v) is 6.36. The van der Waals surface area contributed by atoms with Crippen molar-refractivity contribution in [2.45, 2.75) is 13.5 Å². The summed E-state index contributed by atoms with van der Waals surface area (Å²) in [6, 6.07) is 25.1. The number of fused-ring (bicyclic) bond motifs is 1. The van der Waals surface area contributed by atoms with Crippen LogP contribution in [0.15, 0.2) is 94.0 Å². The van der Waals surface area contributed by atoms with Crippen molar-refractivity contribution in [3.8, 4) is 11.5 Å². The van der Waals surface area contributed by atoms with E-state index in [1.165, 1.54) is 0 Å². The van der Waals surface area contributed by atoms with Crippen LogP contribution in [0, 0.1) is 0 Å². The largest absolute Gasteiger partial charge is 0.490 e. The van der Waals surface area contributed by atoms with Crippen LogP contribution in [0.3, 0.4) is 0 Å². The predicted molar refractivity (Wildman–Crippen MR) is 146 cm³/mol. The van der Waals surface area contributed by atoms with Crippen molar-refractivity contribution in [2.75, 3.05) is 6.61 Å². The first-order valence-corrected chi connectivity index (χ1v) is 12.5. The van der Waals surface area contributed by atoms with Gasteiger partial charge < -0.3 is 14.2 Å². The first-order valence-electron chi connectivity index (χ1n) is 11.4. The van der Waals surface area contributed by atoms with Crippen molar-refractivity contribution in [3.63, 3.8) is 0 Å². The number of halogens is 2. The fraction of sp³-hybridized carbons (Fsp3) is 0.103. The number of esters is 1. The molecule has 0 unspecified atom stereocenters. The van der Waals surface area contributed by atoms with Gasteiger partial charge in [-0.1, -0.05) is 70.0 Å². The molecule has 7 heteroatoms. The van der Waals surface area contributed by atoms with Gasteiger partial charge in [0, 0.05) is 10.0 Å². The normalized spacial score (nSPS) is 14.1. The maximum Gasteiger partial charge on any atom is 0.363 e. The first kappa shape index (κ1) is 24.1. The molecule has 0 fully saturated rings. The lowest BCUT2D eigenvalue weighted by atomic mass is 10.1. The number of benzene rings is 4. The standard InChI is InChI=1S/C29H21BrClNO4/c1-2-34-26-15-19(13-24(31)27(26)35-17-18-7-11-23(30)12-8-18)14-25-29(33)36-28(32-25)22-10-9-20-5-3-4-6-21(20)16-22/h3-16H,2,17H2,1H3/b25-14-. The Hall–Kier alpha value is -3.61. The third-order valence-electron chi connectivity index (χ3n) is 5.55. The molecule has 0 aromatic heterocycles. The van der Waals surface area contributed by atoms with E-state index >= 15 is 0 Å². The second kappa shape index (κ2) is 10.6. The lowest BCUT2D eigenvalue weighted by Crippen LogP contribution is -2.05. The van der Waals surface area contributed by atoms with E-state index in [2.05, 4.69) is 20.9 Å². The zero-order valence-electron chi connectivity index (χ0n) is 19.3. The molecule has 180 valence electrons. The fourth-order valence-electron chi connectivity index (χ4n) is 3.82. The monoisotopic (exact) mass is 561 g/mol. The maximum atomic E-state index is 12.6. The molecule has 4 aromatic carbocycles. The van der Waals surface area contributed by atoms with E-state index in [-0.39, 0.29) is 11.6 Å². The van der Waals surface area contributed by atoms with Crippen LogP contribution in [-0.4, -0.2) is 18.5 Å². The van der Waals surface area contributed by atoms with Gasteiger partial charge in [0.2, 0.25) is 5.90 Å². The molecule has 0 amide bonds. The molecule has 0 atom stereocenters. The van der Waals surface area contributed by atoms with Crippen molar-refractivity contribution in [1.29, 1.82) is 0 Å². The smallest absolute Gasteiger partial charge is 0.363 e. The molecular formula is C29H21BrClNO4. The number of rotatable bonds is 7. The van der Waals surface area contributed by atoms with Crippen LogP contribution in [-0.2, 0) is 16.1 Å². The molecular weight excluding hydrogens is 542 g/mol. The van der Waals surface area contributed by atoms with Crippen LogP contribution in [0.2, 0.25) is 5.02 Å². The Bertz CT molecular complexity index is 1510. The molecule has 0 N–H and O–H groups in total. The Morgan fingerprint density at radius 2 is 1.75 bits per heavy atom. The van der Waals surface area contributed by atoms with E-state index in [1.807, 2.05) is 73.7 Å². The summed E-state index contributed by atoms with van der Waals surface area (Å²) in [5.74, 6) is 0.669. The highest BCUT2D eigenvalue weighted by Gasteiger charge is 2.25. The average molecular weight is 563 g/mol. The van der Waals surface area contributed by atoms with Crippen molar-refractivity contribution in [2.24, 2.45) is 4.99 Å². The second-order valence-corrected chi connectivity index (χ2v) is 9.40. The van der Waals surface area contributed by atoms with Crippen LogP contribution in [0.25, 0.3) is 16.8 Å². The Morgan fingerprint density at radius 1 is 0.972 bits per heavy atom. The summed E-state index contributed by atoms with van der Waals surface area (Å²) in [5.41, 5.74) is 2.55. The van der Waals surface area contributed by atoms with Crippen LogP contribution in [0.5, 0.6) is 11.5 Å². The Morgan fingerprint density at radius 3 is 2.53 bits per heavy atom. The van der Waals surface area contributed by atoms with Gasteiger partial charge in [-0.3, -0.25) is 0 Å². The highest BCUT2D eigenvalue weighted by molar-refractivity contribution is 9.10. The number of ether oxygens (including phenoxy) is 3. The predicted octanol–water partition coefficient (Wildman–Crippen LogP) is 7.58. The summed E-state index contributed by atoms with van der Waals surface area (Å²) in [7, 11) is 0. The van der Waals surface area contributed by atoms with Gasteiger partial charge in [0.1, 0.15) is 6.61 Å². The average Bonchev–Trinajstić information content (AvgIpc) is 3.24. The number of hydrogen-bond acceptors (Lipinski definition) is 5. The van der Waals surface area contributed by atoms with E-state index < -0.39 is 5.97 Å². The molecule has 5 nitrogen and oxygen atoms in total. The van der Waals surface area contributed by atoms with Crippen LogP contribution in [0.4, 0.5) is 0 Å². The molecule has 36 heavy (non-hydrogen) atoms. The highest BCUT2D eigenvalue weighted by Crippen LogP contribution is 2.38. The summed E-state index contributed by atoms with van der Waals surface area (Å²) in [4.78, 5) is 17.0. The van der Waals surface area contributed by atoms with Gasteiger partial charge >= 0.3 is 5.97 Å². The molecule has 0 bridgehead atoms. The van der Waals surface area contributed by atoms with Crippen LogP contribution >= 0.6 is 27.5 Å². The SMILES string of the molecule is CCOc1cc(/C=C2\N=C(c3ccc4ccccc4c3)OC2=O)cc(Cl)c1OCc1ccc(Br)cc1. The van der Waals surface area contributed by atoms with Gasteiger partial charge in [-0.05, 0) is 71.3 Å². The topological polar surface area (TPSA) is 57.1 Å². The number of carbonyl (C=O) groups excluding carboxylic acids is 1. The van der Waals surface area contributed by atoms with Gasteiger partial charge in [-0.25, -0.2) is 9.79 Å². The lowest BCUT2D eigenvalue weighted by molar-refractivity contribution is -0.129. The van der Waals surface area contributed by atoms with Gasteiger partial charge in [0.15, 0.2) is 17.2 Å². The fourth-order valence-corrected chi connectivity index (χ4v) is 4.36. The summed E-state index contributed by atoms with van der Waals surface area (Å²) >= 11 is 10.0. The molecule has 1 heterocycles. The Balaban J connectivity index is 1.42. The van der Waals surface area contributed by atoms with E-state index in [1.54, 1.807) is 18.2 Å². The molecule has 5 rings (SSSR count). The molecule has 0 saturated carbocycles. The highest BCUT2D eigenvalue weighted by atomic mass is 79.9.